The molecule has 2 fully saturated rings. The van der Waals surface area contributed by atoms with Crippen LogP contribution in [-0.2, 0) is 18.7 Å². The Labute approximate surface area is 158 Å². The Bertz CT molecular complexity index is 715. The summed E-state index contributed by atoms with van der Waals surface area (Å²) in [6.07, 6.45) is 3.86. The number of aromatic nitrogens is 2. The summed E-state index contributed by atoms with van der Waals surface area (Å²) in [6.45, 7) is 4.93. The average molecular weight is 375 g/mol. The summed E-state index contributed by atoms with van der Waals surface area (Å²) in [4.78, 5) is 13.7. The van der Waals surface area contributed by atoms with Crippen LogP contribution in [0.1, 0.15) is 35.7 Å². The van der Waals surface area contributed by atoms with Crippen molar-refractivity contribution in [2.45, 2.75) is 44.1 Å². The van der Waals surface area contributed by atoms with Gasteiger partial charge in [-0.2, -0.15) is 0 Å². The van der Waals surface area contributed by atoms with E-state index in [0.29, 0.717) is 12.8 Å². The van der Waals surface area contributed by atoms with Crippen molar-refractivity contribution in [3.8, 4) is 0 Å². The van der Waals surface area contributed by atoms with Crippen molar-refractivity contribution in [1.82, 2.24) is 19.8 Å². The lowest BCUT2D eigenvalue weighted by molar-refractivity contribution is -0.0310. The van der Waals surface area contributed by atoms with E-state index >= 15 is 0 Å². The molecule has 0 aliphatic carbocycles. The maximum atomic E-state index is 11.1. The molecule has 0 saturated carbocycles. The van der Waals surface area contributed by atoms with Crippen molar-refractivity contribution in [3.05, 3.63) is 46.2 Å². The minimum atomic E-state index is -0.820. The van der Waals surface area contributed by atoms with Crippen LogP contribution in [0.5, 0.6) is 0 Å². The summed E-state index contributed by atoms with van der Waals surface area (Å²) in [5.74, 6) is 0. The maximum Gasteiger partial charge on any atom is 0.110 e. The smallest absolute Gasteiger partial charge is 0.110 e. The minimum Gasteiger partial charge on any atom is -0.392 e. The van der Waals surface area contributed by atoms with Gasteiger partial charge in [-0.05, 0) is 31.4 Å². The van der Waals surface area contributed by atoms with Gasteiger partial charge in [0.05, 0.1) is 24.0 Å². The third kappa shape index (κ3) is 4.13. The van der Waals surface area contributed by atoms with Crippen LogP contribution in [0, 0.1) is 0 Å². The van der Waals surface area contributed by atoms with Crippen LogP contribution in [0.15, 0.2) is 29.8 Å². The summed E-state index contributed by atoms with van der Waals surface area (Å²) in [7, 11) is 0. The Morgan fingerprint density at radius 1 is 1.15 bits per heavy atom. The van der Waals surface area contributed by atoms with E-state index in [9.17, 15) is 10.2 Å². The second-order valence-corrected chi connectivity index (χ2v) is 8.38. The molecule has 2 N–H and O–H groups in total. The highest BCUT2D eigenvalue weighted by molar-refractivity contribution is 7.09. The van der Waals surface area contributed by atoms with Gasteiger partial charge in [0.1, 0.15) is 10.6 Å². The van der Waals surface area contributed by atoms with E-state index in [1.165, 1.54) is 0 Å². The van der Waals surface area contributed by atoms with Crippen molar-refractivity contribution < 1.29 is 10.2 Å². The van der Waals surface area contributed by atoms with Crippen molar-refractivity contribution in [2.24, 2.45) is 0 Å². The quantitative estimate of drug-likeness (QED) is 0.828. The van der Waals surface area contributed by atoms with Crippen LogP contribution in [0.4, 0.5) is 0 Å². The Morgan fingerprint density at radius 2 is 2.00 bits per heavy atom. The number of aliphatic hydroxyl groups excluding tert-OH is 1. The molecule has 6 nitrogen and oxygen atoms in total. The van der Waals surface area contributed by atoms with Gasteiger partial charge in [0.25, 0.3) is 0 Å². The number of aliphatic hydroxyl groups is 2. The Kier molecular flexibility index (Phi) is 5.33. The maximum absolute atomic E-state index is 11.1. The number of rotatable bonds is 5. The van der Waals surface area contributed by atoms with Gasteiger partial charge in [0, 0.05) is 44.3 Å². The third-order valence-electron chi connectivity index (χ3n) is 5.43. The normalized spacial score (nSPS) is 24.2. The van der Waals surface area contributed by atoms with E-state index < -0.39 is 5.60 Å². The highest BCUT2D eigenvalue weighted by Gasteiger charge is 2.36. The number of hydrogen-bond donors (Lipinski definition) is 2. The summed E-state index contributed by atoms with van der Waals surface area (Å²) < 4.78 is 0. The van der Waals surface area contributed by atoms with Gasteiger partial charge in [0.2, 0.25) is 0 Å². The fourth-order valence-electron chi connectivity index (χ4n) is 3.80. The Hall–Kier alpha value is -1.38. The molecule has 2 aliphatic heterocycles. The fourth-order valence-corrected chi connectivity index (χ4v) is 4.73. The number of thiazole rings is 1. The molecule has 4 heterocycles. The molecule has 0 radical (unpaired) electrons. The topological polar surface area (TPSA) is 72.7 Å². The molecule has 1 atom stereocenters. The SMILES string of the molecule is OC1CCN(Cc2nc(C3(O)CCN(Cc4ccccn4)CC3)cs2)C1. The van der Waals surface area contributed by atoms with Gasteiger partial charge in [-0.3, -0.25) is 14.8 Å². The number of nitrogens with zero attached hydrogens (tertiary/aromatic N) is 4. The zero-order valence-electron chi connectivity index (χ0n) is 14.9. The van der Waals surface area contributed by atoms with Gasteiger partial charge < -0.3 is 10.2 Å². The summed E-state index contributed by atoms with van der Waals surface area (Å²) >= 11 is 1.62. The fraction of sp³-hybridized carbons (Fsp3) is 0.579. The Morgan fingerprint density at radius 3 is 2.69 bits per heavy atom. The third-order valence-corrected chi connectivity index (χ3v) is 6.26. The van der Waals surface area contributed by atoms with Crippen LogP contribution >= 0.6 is 11.3 Å². The first-order valence-corrected chi connectivity index (χ1v) is 10.2. The number of likely N-dealkylation sites (tertiary alicyclic amines) is 2. The standard InChI is InChI=1S/C19H26N4O2S/c24-16-4-8-23(12-16)13-18-21-17(14-26-18)19(25)5-9-22(10-6-19)11-15-3-1-2-7-20-15/h1-3,7,14,16,24-25H,4-6,8-13H2. The van der Waals surface area contributed by atoms with Crippen molar-refractivity contribution >= 4 is 11.3 Å². The first kappa shape index (κ1) is 18.0. The molecule has 140 valence electrons. The molecule has 26 heavy (non-hydrogen) atoms. The highest BCUT2D eigenvalue weighted by atomic mass is 32.1. The average Bonchev–Trinajstić information content (AvgIpc) is 3.28. The molecular weight excluding hydrogens is 348 g/mol. The lowest BCUT2D eigenvalue weighted by Gasteiger charge is -2.37. The lowest BCUT2D eigenvalue weighted by Crippen LogP contribution is -2.42. The predicted octanol–water partition coefficient (Wildman–Crippen LogP) is 1.59. The molecular formula is C19H26N4O2S. The Balaban J connectivity index is 1.33. The highest BCUT2D eigenvalue weighted by Crippen LogP contribution is 2.34. The van der Waals surface area contributed by atoms with E-state index in [1.54, 1.807) is 11.3 Å². The predicted molar refractivity (Wildman–Crippen MR) is 101 cm³/mol. The van der Waals surface area contributed by atoms with Crippen LogP contribution in [-0.4, -0.2) is 62.3 Å². The molecule has 0 spiro atoms. The zero-order valence-corrected chi connectivity index (χ0v) is 15.7. The number of pyridine rings is 1. The van der Waals surface area contributed by atoms with Crippen LogP contribution in [0.2, 0.25) is 0 Å². The van der Waals surface area contributed by atoms with Gasteiger partial charge in [0.15, 0.2) is 0 Å². The molecule has 2 aromatic heterocycles. The van der Waals surface area contributed by atoms with Crippen molar-refractivity contribution in [3.63, 3.8) is 0 Å². The second-order valence-electron chi connectivity index (χ2n) is 7.43. The molecule has 0 bridgehead atoms. The van der Waals surface area contributed by atoms with Gasteiger partial charge in [-0.15, -0.1) is 11.3 Å². The summed E-state index contributed by atoms with van der Waals surface area (Å²) in [5, 5.41) is 23.8. The van der Waals surface area contributed by atoms with Crippen LogP contribution in [0.3, 0.4) is 0 Å². The van der Waals surface area contributed by atoms with E-state index in [4.69, 9.17) is 4.98 Å². The van der Waals surface area contributed by atoms with E-state index in [2.05, 4.69) is 14.8 Å². The number of β-amino-alcohol motifs (C(OH)–C–C–N with tert-alkyl or cyclic N) is 1. The van der Waals surface area contributed by atoms with Gasteiger partial charge in [-0.25, -0.2) is 4.98 Å². The lowest BCUT2D eigenvalue weighted by atomic mass is 9.89. The van der Waals surface area contributed by atoms with Gasteiger partial charge >= 0.3 is 0 Å². The molecule has 2 aliphatic rings. The molecule has 4 rings (SSSR count). The first-order chi connectivity index (χ1) is 12.6. The molecule has 2 aromatic rings. The van der Waals surface area contributed by atoms with Crippen LogP contribution in [0.25, 0.3) is 0 Å². The molecule has 1 unspecified atom stereocenters. The molecule has 2 saturated heterocycles. The monoisotopic (exact) mass is 374 g/mol. The second kappa shape index (κ2) is 7.70. The molecule has 7 heteroatoms. The molecule has 0 aromatic carbocycles. The van der Waals surface area contributed by atoms with Crippen molar-refractivity contribution in [2.75, 3.05) is 26.2 Å². The largest absolute Gasteiger partial charge is 0.392 e. The minimum absolute atomic E-state index is 0.206. The van der Waals surface area contributed by atoms with Gasteiger partial charge in [-0.1, -0.05) is 6.07 Å². The number of piperidine rings is 1. The summed E-state index contributed by atoms with van der Waals surface area (Å²) in [6, 6.07) is 5.99. The van der Waals surface area contributed by atoms with E-state index in [-0.39, 0.29) is 6.10 Å². The molecule has 0 amide bonds. The summed E-state index contributed by atoms with van der Waals surface area (Å²) in [5.41, 5.74) is 1.07. The van der Waals surface area contributed by atoms with E-state index in [0.717, 1.165) is 62.1 Å². The number of hydrogen-bond acceptors (Lipinski definition) is 7. The zero-order chi connectivity index (χ0) is 18.0. The van der Waals surface area contributed by atoms with Crippen LogP contribution < -0.4 is 0 Å². The first-order valence-electron chi connectivity index (χ1n) is 9.31. The van der Waals surface area contributed by atoms with Crippen molar-refractivity contribution in [1.29, 1.82) is 0 Å². The van der Waals surface area contributed by atoms with E-state index in [1.807, 2.05) is 29.8 Å².